The van der Waals surface area contributed by atoms with Gasteiger partial charge in [-0.15, -0.1) is 0 Å². The van der Waals surface area contributed by atoms with Crippen LogP contribution in [0.25, 0.3) is 6.08 Å². The zero-order valence-corrected chi connectivity index (χ0v) is 12.4. The quantitative estimate of drug-likeness (QED) is 0.854. The maximum atomic E-state index is 12.3. The van der Waals surface area contributed by atoms with E-state index in [2.05, 4.69) is 18.3 Å². The second-order valence-electron chi connectivity index (χ2n) is 5.54. The molecular formula is C17H24N2O. The van der Waals surface area contributed by atoms with Crippen LogP contribution in [0.15, 0.2) is 30.3 Å². The predicted octanol–water partition coefficient (Wildman–Crippen LogP) is 2.47. The Morgan fingerprint density at radius 1 is 1.45 bits per heavy atom. The number of amides is 1. The summed E-state index contributed by atoms with van der Waals surface area (Å²) in [5.74, 6) is 0.721. The highest BCUT2D eigenvalue weighted by molar-refractivity contribution is 5.92. The molecule has 1 heterocycles. The van der Waals surface area contributed by atoms with Crippen LogP contribution in [0.3, 0.4) is 0 Å². The first-order valence-electron chi connectivity index (χ1n) is 7.38. The van der Waals surface area contributed by atoms with Crippen LogP contribution in [0.2, 0.25) is 0 Å². The average Bonchev–Trinajstić information content (AvgIpc) is 2.47. The molecule has 1 amide bonds. The van der Waals surface area contributed by atoms with E-state index in [9.17, 15) is 4.79 Å². The van der Waals surface area contributed by atoms with Gasteiger partial charge in [-0.3, -0.25) is 4.79 Å². The van der Waals surface area contributed by atoms with Gasteiger partial charge in [0.2, 0.25) is 5.91 Å². The number of nitrogens with one attached hydrogen (secondary N) is 1. The molecule has 0 bridgehead atoms. The first-order valence-corrected chi connectivity index (χ1v) is 7.38. The highest BCUT2D eigenvalue weighted by atomic mass is 16.2. The molecule has 1 aliphatic heterocycles. The number of hydrogen-bond donors (Lipinski definition) is 1. The van der Waals surface area contributed by atoms with Gasteiger partial charge < -0.3 is 10.2 Å². The molecule has 3 heteroatoms. The van der Waals surface area contributed by atoms with Crippen molar-refractivity contribution in [1.82, 2.24) is 10.2 Å². The summed E-state index contributed by atoms with van der Waals surface area (Å²) < 4.78 is 0. The summed E-state index contributed by atoms with van der Waals surface area (Å²) in [7, 11) is 1.97. The molecule has 1 atom stereocenters. The van der Waals surface area contributed by atoms with Crippen molar-refractivity contribution in [3.8, 4) is 0 Å². The van der Waals surface area contributed by atoms with E-state index in [1.54, 1.807) is 6.08 Å². The van der Waals surface area contributed by atoms with Crippen LogP contribution in [0.5, 0.6) is 0 Å². The summed E-state index contributed by atoms with van der Waals surface area (Å²) in [6.07, 6.45) is 5.96. The van der Waals surface area contributed by atoms with E-state index in [1.165, 1.54) is 12.0 Å². The highest BCUT2D eigenvalue weighted by Crippen LogP contribution is 2.16. The minimum atomic E-state index is 0.133. The lowest BCUT2D eigenvalue weighted by atomic mass is 9.98. The fourth-order valence-electron chi connectivity index (χ4n) is 2.76. The predicted molar refractivity (Wildman–Crippen MR) is 83.4 cm³/mol. The van der Waals surface area contributed by atoms with Gasteiger partial charge in [0, 0.05) is 19.2 Å². The van der Waals surface area contributed by atoms with Gasteiger partial charge in [0.25, 0.3) is 0 Å². The van der Waals surface area contributed by atoms with E-state index in [1.807, 2.05) is 36.2 Å². The van der Waals surface area contributed by atoms with Gasteiger partial charge in [0.05, 0.1) is 0 Å². The normalized spacial score (nSPS) is 19.5. The lowest BCUT2D eigenvalue weighted by molar-refractivity contribution is -0.127. The Hall–Kier alpha value is -1.61. The number of hydrogen-bond acceptors (Lipinski definition) is 2. The number of likely N-dealkylation sites (tertiary alicyclic amines) is 1. The molecular weight excluding hydrogens is 248 g/mol. The maximum absolute atomic E-state index is 12.3. The summed E-state index contributed by atoms with van der Waals surface area (Å²) in [6.45, 7) is 4.81. The number of nitrogens with zero attached hydrogens (tertiary/aromatic N) is 1. The largest absolute Gasteiger partial charge is 0.339 e. The van der Waals surface area contributed by atoms with E-state index in [0.29, 0.717) is 5.92 Å². The molecule has 3 nitrogen and oxygen atoms in total. The van der Waals surface area contributed by atoms with Crippen molar-refractivity contribution in [2.45, 2.75) is 19.8 Å². The number of rotatable bonds is 4. The van der Waals surface area contributed by atoms with Crippen LogP contribution >= 0.6 is 0 Å². The first-order chi connectivity index (χ1) is 9.70. The molecule has 1 aromatic rings. The molecule has 1 fully saturated rings. The molecule has 1 saturated heterocycles. The van der Waals surface area contributed by atoms with Crippen molar-refractivity contribution in [2.75, 3.05) is 26.7 Å². The van der Waals surface area contributed by atoms with Gasteiger partial charge in [-0.2, -0.15) is 0 Å². The van der Waals surface area contributed by atoms with Crippen LogP contribution in [0.4, 0.5) is 0 Å². The van der Waals surface area contributed by atoms with Gasteiger partial charge in [-0.25, -0.2) is 0 Å². The van der Waals surface area contributed by atoms with Crippen molar-refractivity contribution in [3.05, 3.63) is 41.5 Å². The Balaban J connectivity index is 1.96. The zero-order valence-electron chi connectivity index (χ0n) is 12.4. The van der Waals surface area contributed by atoms with Crippen molar-refractivity contribution in [2.24, 2.45) is 5.92 Å². The third-order valence-electron chi connectivity index (χ3n) is 3.92. The summed E-state index contributed by atoms with van der Waals surface area (Å²) in [4.78, 5) is 14.2. The monoisotopic (exact) mass is 272 g/mol. The van der Waals surface area contributed by atoms with Gasteiger partial charge >= 0.3 is 0 Å². The Bertz CT molecular complexity index is 480. The topological polar surface area (TPSA) is 32.3 Å². The second-order valence-corrected chi connectivity index (χ2v) is 5.54. The van der Waals surface area contributed by atoms with Crippen molar-refractivity contribution < 1.29 is 4.79 Å². The van der Waals surface area contributed by atoms with Gasteiger partial charge in [-0.1, -0.05) is 24.3 Å². The van der Waals surface area contributed by atoms with Crippen LogP contribution in [0, 0.1) is 12.8 Å². The maximum Gasteiger partial charge on any atom is 0.246 e. The molecule has 0 aromatic heterocycles. The number of carbonyl (C=O) groups is 1. The van der Waals surface area contributed by atoms with Crippen molar-refractivity contribution in [1.29, 1.82) is 0 Å². The van der Waals surface area contributed by atoms with Crippen LogP contribution in [-0.2, 0) is 4.79 Å². The SMILES string of the molecule is CNCC1CCCN(C(=O)C=Cc2ccccc2C)C1. The van der Waals surface area contributed by atoms with Gasteiger partial charge in [-0.05, 0) is 56.5 Å². The number of piperidine rings is 1. The number of benzene rings is 1. The summed E-state index contributed by atoms with van der Waals surface area (Å²) in [5, 5.41) is 3.21. The highest BCUT2D eigenvalue weighted by Gasteiger charge is 2.21. The Morgan fingerprint density at radius 3 is 3.00 bits per heavy atom. The Kier molecular flexibility index (Phi) is 5.36. The molecule has 1 N–H and O–H groups in total. The van der Waals surface area contributed by atoms with Crippen molar-refractivity contribution in [3.63, 3.8) is 0 Å². The first kappa shape index (κ1) is 14.8. The van der Waals surface area contributed by atoms with E-state index >= 15 is 0 Å². The van der Waals surface area contributed by atoms with E-state index < -0.39 is 0 Å². The minimum Gasteiger partial charge on any atom is -0.339 e. The lowest BCUT2D eigenvalue weighted by Crippen LogP contribution is -2.41. The molecule has 0 radical (unpaired) electrons. The molecule has 0 aliphatic carbocycles. The fraction of sp³-hybridized carbons (Fsp3) is 0.471. The van der Waals surface area contributed by atoms with Crippen molar-refractivity contribution >= 4 is 12.0 Å². The molecule has 0 spiro atoms. The molecule has 1 unspecified atom stereocenters. The molecule has 108 valence electrons. The third-order valence-corrected chi connectivity index (χ3v) is 3.92. The third kappa shape index (κ3) is 3.94. The zero-order chi connectivity index (χ0) is 14.4. The number of carbonyl (C=O) groups excluding carboxylic acids is 1. The molecule has 20 heavy (non-hydrogen) atoms. The van der Waals surface area contributed by atoms with E-state index in [4.69, 9.17) is 0 Å². The van der Waals surface area contributed by atoms with Gasteiger partial charge in [0.15, 0.2) is 0 Å². The van der Waals surface area contributed by atoms with Crippen LogP contribution in [-0.4, -0.2) is 37.5 Å². The summed E-state index contributed by atoms with van der Waals surface area (Å²) in [6, 6.07) is 8.12. The second kappa shape index (κ2) is 7.25. The Morgan fingerprint density at radius 2 is 2.25 bits per heavy atom. The minimum absolute atomic E-state index is 0.133. The Labute approximate surface area is 121 Å². The molecule has 2 rings (SSSR count). The smallest absolute Gasteiger partial charge is 0.246 e. The van der Waals surface area contributed by atoms with E-state index in [-0.39, 0.29) is 5.91 Å². The fourth-order valence-corrected chi connectivity index (χ4v) is 2.76. The van der Waals surface area contributed by atoms with E-state index in [0.717, 1.165) is 31.6 Å². The van der Waals surface area contributed by atoms with Crippen LogP contribution in [0.1, 0.15) is 24.0 Å². The average molecular weight is 272 g/mol. The lowest BCUT2D eigenvalue weighted by Gasteiger charge is -2.32. The molecule has 1 aromatic carbocycles. The number of aryl methyl sites for hydroxylation is 1. The molecule has 0 saturated carbocycles. The van der Waals surface area contributed by atoms with Gasteiger partial charge in [0.1, 0.15) is 0 Å². The molecule has 1 aliphatic rings. The standard InChI is InChI=1S/C17H24N2O/c1-14-6-3-4-8-16(14)9-10-17(20)19-11-5-7-15(13-19)12-18-2/h3-4,6,8-10,15,18H,5,7,11-13H2,1-2H3. The summed E-state index contributed by atoms with van der Waals surface area (Å²) in [5.41, 5.74) is 2.31. The van der Waals surface area contributed by atoms with Crippen LogP contribution < -0.4 is 5.32 Å². The summed E-state index contributed by atoms with van der Waals surface area (Å²) >= 11 is 0.